The maximum Gasteiger partial charge on any atom is 0.273 e. The Labute approximate surface area is 125 Å². The number of aliphatic hydroxyl groups excluding tert-OH is 1. The van der Waals surface area contributed by atoms with Crippen molar-refractivity contribution in [1.82, 2.24) is 9.88 Å². The van der Waals surface area contributed by atoms with E-state index in [-0.39, 0.29) is 17.9 Å². The van der Waals surface area contributed by atoms with Crippen molar-refractivity contribution in [2.75, 3.05) is 13.1 Å². The Morgan fingerprint density at radius 3 is 3.05 bits per heavy atom. The molecule has 0 aliphatic carbocycles. The minimum atomic E-state index is -0.357. The molecule has 20 heavy (non-hydrogen) atoms. The van der Waals surface area contributed by atoms with E-state index in [9.17, 15) is 9.90 Å². The van der Waals surface area contributed by atoms with Crippen LogP contribution in [0.1, 0.15) is 23.8 Å². The van der Waals surface area contributed by atoms with E-state index in [0.29, 0.717) is 18.8 Å². The van der Waals surface area contributed by atoms with Gasteiger partial charge in [0.15, 0.2) is 0 Å². The summed E-state index contributed by atoms with van der Waals surface area (Å²) in [5, 5.41) is 14.3. The van der Waals surface area contributed by atoms with Crippen molar-refractivity contribution >= 4 is 28.6 Å². The number of carbonyl (C=O) groups is 1. The molecule has 2 atom stereocenters. The molecule has 0 aromatic carbocycles. The fourth-order valence-electron chi connectivity index (χ4n) is 2.41. The molecule has 1 N–H and O–H groups in total. The van der Waals surface area contributed by atoms with E-state index in [1.807, 2.05) is 22.9 Å². The zero-order chi connectivity index (χ0) is 14.1. The lowest BCUT2D eigenvalue weighted by Gasteiger charge is -2.16. The molecule has 0 spiro atoms. The van der Waals surface area contributed by atoms with E-state index < -0.39 is 0 Å². The molecule has 1 fully saturated rings. The van der Waals surface area contributed by atoms with Crippen LogP contribution >= 0.6 is 22.7 Å². The van der Waals surface area contributed by atoms with Crippen LogP contribution in [0.3, 0.4) is 0 Å². The SMILES string of the molecule is CC(O)C1CCN(C(=O)c2csc(-c3cccs3)n2)C1. The van der Waals surface area contributed by atoms with E-state index in [2.05, 4.69) is 4.98 Å². The number of rotatable bonds is 3. The number of aliphatic hydroxyl groups is 1. The highest BCUT2D eigenvalue weighted by Gasteiger charge is 2.30. The van der Waals surface area contributed by atoms with Crippen molar-refractivity contribution in [2.45, 2.75) is 19.4 Å². The maximum atomic E-state index is 12.4. The van der Waals surface area contributed by atoms with Gasteiger partial charge in [0.05, 0.1) is 11.0 Å². The van der Waals surface area contributed by atoms with Crippen LogP contribution in [0.4, 0.5) is 0 Å². The number of thiazole rings is 1. The van der Waals surface area contributed by atoms with Gasteiger partial charge in [-0.1, -0.05) is 6.07 Å². The van der Waals surface area contributed by atoms with Gasteiger partial charge in [0, 0.05) is 24.4 Å². The first-order valence-electron chi connectivity index (χ1n) is 6.62. The van der Waals surface area contributed by atoms with E-state index in [0.717, 1.165) is 16.3 Å². The molecule has 1 amide bonds. The molecule has 3 rings (SSSR count). The predicted octanol–water partition coefficient (Wildman–Crippen LogP) is 2.71. The van der Waals surface area contributed by atoms with Gasteiger partial charge >= 0.3 is 0 Å². The molecular weight excluding hydrogens is 292 g/mol. The van der Waals surface area contributed by atoms with Gasteiger partial charge in [-0.25, -0.2) is 4.98 Å². The van der Waals surface area contributed by atoms with Crippen LogP contribution < -0.4 is 0 Å². The molecule has 2 aromatic heterocycles. The van der Waals surface area contributed by atoms with Crippen LogP contribution in [0.2, 0.25) is 0 Å². The Hall–Kier alpha value is -1.24. The zero-order valence-electron chi connectivity index (χ0n) is 11.2. The number of hydrogen-bond donors (Lipinski definition) is 1. The molecule has 0 bridgehead atoms. The first-order chi connectivity index (χ1) is 9.65. The van der Waals surface area contributed by atoms with Crippen LogP contribution in [-0.2, 0) is 0 Å². The summed E-state index contributed by atoms with van der Waals surface area (Å²) in [4.78, 5) is 19.7. The van der Waals surface area contributed by atoms with Gasteiger partial charge in [-0.3, -0.25) is 4.79 Å². The van der Waals surface area contributed by atoms with Gasteiger partial charge in [-0.05, 0) is 24.8 Å². The molecule has 2 aromatic rings. The molecule has 1 aliphatic heterocycles. The number of carbonyl (C=O) groups excluding carboxylic acids is 1. The number of aromatic nitrogens is 1. The monoisotopic (exact) mass is 308 g/mol. The molecule has 1 aliphatic rings. The molecular formula is C14H16N2O2S2. The normalized spacial score (nSPS) is 20.3. The summed E-state index contributed by atoms with van der Waals surface area (Å²) in [7, 11) is 0. The van der Waals surface area contributed by atoms with Crippen molar-refractivity contribution in [3.8, 4) is 9.88 Å². The first kappa shape index (κ1) is 13.7. The average molecular weight is 308 g/mol. The fraction of sp³-hybridized carbons (Fsp3) is 0.429. The van der Waals surface area contributed by atoms with Crippen LogP contribution in [0.5, 0.6) is 0 Å². The Kier molecular flexibility index (Phi) is 3.87. The van der Waals surface area contributed by atoms with Crippen molar-refractivity contribution in [3.05, 3.63) is 28.6 Å². The van der Waals surface area contributed by atoms with Crippen molar-refractivity contribution in [1.29, 1.82) is 0 Å². The highest BCUT2D eigenvalue weighted by atomic mass is 32.1. The van der Waals surface area contributed by atoms with Gasteiger partial charge in [-0.2, -0.15) is 0 Å². The second-order valence-electron chi connectivity index (χ2n) is 5.06. The van der Waals surface area contributed by atoms with E-state index in [4.69, 9.17) is 0 Å². The molecule has 2 unspecified atom stereocenters. The third-order valence-corrected chi connectivity index (χ3v) is 5.53. The molecule has 1 saturated heterocycles. The molecule has 4 nitrogen and oxygen atoms in total. The van der Waals surface area contributed by atoms with Gasteiger partial charge < -0.3 is 10.0 Å². The van der Waals surface area contributed by atoms with Crippen LogP contribution in [0.15, 0.2) is 22.9 Å². The smallest absolute Gasteiger partial charge is 0.273 e. The van der Waals surface area contributed by atoms with Crippen LogP contribution in [0.25, 0.3) is 9.88 Å². The Balaban J connectivity index is 1.72. The summed E-state index contributed by atoms with van der Waals surface area (Å²) in [5.41, 5.74) is 0.518. The van der Waals surface area contributed by atoms with Gasteiger partial charge in [-0.15, -0.1) is 22.7 Å². The zero-order valence-corrected chi connectivity index (χ0v) is 12.8. The average Bonchev–Trinajstić information content (AvgIpc) is 3.17. The molecule has 3 heterocycles. The Morgan fingerprint density at radius 1 is 1.55 bits per heavy atom. The predicted molar refractivity (Wildman–Crippen MR) is 81.1 cm³/mol. The van der Waals surface area contributed by atoms with E-state index in [1.54, 1.807) is 23.2 Å². The minimum absolute atomic E-state index is 0.0211. The summed E-state index contributed by atoms with van der Waals surface area (Å²) in [6.07, 6.45) is 0.510. The Morgan fingerprint density at radius 2 is 2.40 bits per heavy atom. The van der Waals surface area contributed by atoms with Crippen molar-refractivity contribution in [3.63, 3.8) is 0 Å². The Bertz CT molecular complexity index is 592. The number of likely N-dealkylation sites (tertiary alicyclic amines) is 1. The third-order valence-electron chi connectivity index (χ3n) is 3.65. The third kappa shape index (κ3) is 2.63. The number of thiophene rings is 1. The topological polar surface area (TPSA) is 53.4 Å². The number of nitrogens with zero attached hydrogens (tertiary/aromatic N) is 2. The molecule has 0 radical (unpaired) electrons. The second kappa shape index (κ2) is 5.63. The highest BCUT2D eigenvalue weighted by Crippen LogP contribution is 2.29. The second-order valence-corrected chi connectivity index (χ2v) is 6.86. The maximum absolute atomic E-state index is 12.4. The lowest BCUT2D eigenvalue weighted by atomic mass is 10.0. The van der Waals surface area contributed by atoms with E-state index in [1.165, 1.54) is 11.3 Å². The van der Waals surface area contributed by atoms with Gasteiger partial charge in [0.1, 0.15) is 10.7 Å². The summed E-state index contributed by atoms with van der Waals surface area (Å²) in [6, 6.07) is 3.99. The summed E-state index contributed by atoms with van der Waals surface area (Å²) in [6.45, 7) is 3.12. The number of amides is 1. The highest BCUT2D eigenvalue weighted by molar-refractivity contribution is 7.20. The molecule has 0 saturated carbocycles. The first-order valence-corrected chi connectivity index (χ1v) is 8.38. The lowest BCUT2D eigenvalue weighted by molar-refractivity contribution is 0.0757. The minimum Gasteiger partial charge on any atom is -0.393 e. The summed E-state index contributed by atoms with van der Waals surface area (Å²) in [5.74, 6) is 0.168. The molecule has 6 heteroatoms. The lowest BCUT2D eigenvalue weighted by Crippen LogP contribution is -2.30. The van der Waals surface area contributed by atoms with Gasteiger partial charge in [0.2, 0.25) is 0 Å². The molecule has 106 valence electrons. The standard InChI is InChI=1S/C14H16N2O2S2/c1-9(17)10-4-5-16(7-10)14(18)11-8-20-13(15-11)12-3-2-6-19-12/h2-3,6,8-10,17H,4-5,7H2,1H3. The van der Waals surface area contributed by atoms with Crippen LogP contribution in [-0.4, -0.2) is 40.1 Å². The van der Waals surface area contributed by atoms with Crippen molar-refractivity contribution in [2.24, 2.45) is 5.92 Å². The summed E-state index contributed by atoms with van der Waals surface area (Å²) >= 11 is 3.13. The number of hydrogen-bond acceptors (Lipinski definition) is 5. The fourth-order valence-corrected chi connectivity index (χ4v) is 4.02. The quantitative estimate of drug-likeness (QED) is 0.948. The largest absolute Gasteiger partial charge is 0.393 e. The summed E-state index contributed by atoms with van der Waals surface area (Å²) < 4.78 is 0. The van der Waals surface area contributed by atoms with Gasteiger partial charge in [0.25, 0.3) is 5.91 Å². The van der Waals surface area contributed by atoms with E-state index >= 15 is 0 Å². The van der Waals surface area contributed by atoms with Crippen LogP contribution in [0, 0.1) is 5.92 Å². The van der Waals surface area contributed by atoms with Crippen molar-refractivity contribution < 1.29 is 9.90 Å².